The molecule has 0 saturated heterocycles. The molecule has 0 N–H and O–H groups in total. The van der Waals surface area contributed by atoms with E-state index in [2.05, 4.69) is 20.0 Å². The van der Waals surface area contributed by atoms with E-state index in [0.29, 0.717) is 84.3 Å². The molecule has 0 aliphatic carbocycles. The average Bonchev–Trinajstić information content (AvgIpc) is 3.19. The smallest absolute Gasteiger partial charge is 0.870 e. The number of hydrogen-bond acceptors (Lipinski definition) is 18. The van der Waals surface area contributed by atoms with Crippen molar-refractivity contribution in [1.82, 2.24) is 0 Å². The van der Waals surface area contributed by atoms with Crippen LogP contribution in [0.5, 0.6) is 46.0 Å². The minimum absolute atomic E-state index is 0. The normalized spacial score (nSPS) is 10.0. The molecule has 4 aromatic carbocycles. The fourth-order valence-electron chi connectivity index (χ4n) is 4.34. The number of hydrogen-bond donors (Lipinski definition) is 0. The molecule has 0 aliphatic rings. The van der Waals surface area contributed by atoms with Gasteiger partial charge in [0.15, 0.2) is 0 Å². The number of nitrogens with zero attached hydrogens (tertiary/aromatic N) is 6. The molecule has 0 fully saturated rings. The molecular weight excluding hydrogens is 1100 g/mol. The standard InChI is InChI=1S/2C19H22N2O4.3Cd.2NO3/c2*1-24-16-8-3-6-14(18(16)22)12-20-10-5-11-21-13-15-7-4-9-17(25-2)19(15)23;;;;2*2-1(3)4/h2*3-4,6-9,12-13,22-23H,5,10-11H2,1-2H3;;;;;/q;;3*+2;2*-1/p-4. The van der Waals surface area contributed by atoms with E-state index >= 15 is 0 Å². The minimum atomic E-state index is -1.75. The van der Waals surface area contributed by atoms with E-state index in [-0.39, 0.29) is 105 Å². The van der Waals surface area contributed by atoms with Gasteiger partial charge in [-0.25, -0.2) is 0 Å². The molecule has 23 heteroatoms. The molecule has 0 heterocycles. The summed E-state index contributed by atoms with van der Waals surface area (Å²) in [5.41, 5.74) is 1.98. The van der Waals surface area contributed by atoms with Gasteiger partial charge in [0.2, 0.25) is 0 Å². The Hall–Kier alpha value is -4.87. The molecule has 0 amide bonds. The van der Waals surface area contributed by atoms with E-state index in [1.54, 1.807) is 97.7 Å². The second-order valence-electron chi connectivity index (χ2n) is 10.8. The van der Waals surface area contributed by atoms with E-state index in [1.165, 1.54) is 28.4 Å². The maximum Gasteiger partial charge on any atom is 2.00 e. The van der Waals surface area contributed by atoms with Crippen molar-refractivity contribution in [3.63, 3.8) is 0 Å². The van der Waals surface area contributed by atoms with Gasteiger partial charge in [0, 0.05) is 51.0 Å². The zero-order valence-electron chi connectivity index (χ0n) is 34.0. The number of aliphatic imine (C=N–C) groups is 4. The van der Waals surface area contributed by atoms with Crippen molar-refractivity contribution in [2.75, 3.05) is 54.6 Å². The van der Waals surface area contributed by atoms with Crippen LogP contribution in [-0.2, 0) is 81.9 Å². The predicted molar refractivity (Wildman–Crippen MR) is 210 cm³/mol. The van der Waals surface area contributed by atoms with Gasteiger partial charge in [-0.1, -0.05) is 71.5 Å². The van der Waals surface area contributed by atoms with Gasteiger partial charge < -0.3 is 70.0 Å². The van der Waals surface area contributed by atoms with Crippen LogP contribution >= 0.6 is 0 Å². The molecule has 0 atom stereocenters. The largest absolute Gasteiger partial charge is 2.00 e. The third-order valence-electron chi connectivity index (χ3n) is 6.99. The first-order chi connectivity index (χ1) is 27.8. The number of benzene rings is 4. The van der Waals surface area contributed by atoms with Crippen LogP contribution in [0.15, 0.2) is 92.8 Å². The van der Waals surface area contributed by atoms with Crippen LogP contribution in [-0.4, -0.2) is 89.6 Å². The van der Waals surface area contributed by atoms with Crippen LogP contribution in [0.4, 0.5) is 0 Å². The first-order valence-electron chi connectivity index (χ1n) is 16.8. The summed E-state index contributed by atoms with van der Waals surface area (Å²) in [6, 6.07) is 20.3. The zero-order chi connectivity index (χ0) is 43.3. The summed E-state index contributed by atoms with van der Waals surface area (Å²) in [5.74, 6) is 0.530. The molecule has 61 heavy (non-hydrogen) atoms. The summed E-state index contributed by atoms with van der Waals surface area (Å²) >= 11 is 0. The van der Waals surface area contributed by atoms with Gasteiger partial charge in [-0.2, -0.15) is 0 Å². The summed E-state index contributed by atoms with van der Waals surface area (Å²) in [7, 11) is 5.85. The van der Waals surface area contributed by atoms with Gasteiger partial charge in [-0.05, 0) is 59.4 Å². The van der Waals surface area contributed by atoms with Crippen LogP contribution in [0, 0.1) is 30.6 Å². The van der Waals surface area contributed by atoms with E-state index in [4.69, 9.17) is 49.6 Å². The van der Waals surface area contributed by atoms with Crippen molar-refractivity contribution >= 4 is 24.9 Å². The van der Waals surface area contributed by atoms with Crippen LogP contribution in [0.3, 0.4) is 0 Å². The third kappa shape index (κ3) is 24.9. The summed E-state index contributed by atoms with van der Waals surface area (Å²) in [6.07, 6.45) is 7.62. The molecule has 4 aromatic rings. The second-order valence-corrected chi connectivity index (χ2v) is 10.8. The van der Waals surface area contributed by atoms with Crippen LogP contribution < -0.4 is 39.4 Å². The van der Waals surface area contributed by atoms with Crippen molar-refractivity contribution < 1.29 is 131 Å². The Morgan fingerprint density at radius 2 is 0.607 bits per heavy atom. The van der Waals surface area contributed by atoms with Gasteiger partial charge in [0.25, 0.3) is 0 Å². The van der Waals surface area contributed by atoms with Gasteiger partial charge >= 0.3 is 81.9 Å². The second kappa shape index (κ2) is 35.8. The molecule has 0 bridgehead atoms. The molecule has 20 nitrogen and oxygen atoms in total. The molecule has 312 valence electrons. The van der Waals surface area contributed by atoms with Gasteiger partial charge in [0.05, 0.1) is 38.6 Å². The van der Waals surface area contributed by atoms with Crippen LogP contribution in [0.1, 0.15) is 35.1 Å². The van der Waals surface area contributed by atoms with E-state index in [0.717, 1.165) is 0 Å². The molecule has 0 aromatic heterocycles. The average molecular weight is 1140 g/mol. The maximum atomic E-state index is 11.9. The summed E-state index contributed by atoms with van der Waals surface area (Å²) < 4.78 is 19.9. The fourth-order valence-corrected chi connectivity index (χ4v) is 4.34. The molecular formula is C38H40Cd3N6O14. The van der Waals surface area contributed by atoms with Gasteiger partial charge in [-0.3, -0.25) is 20.0 Å². The van der Waals surface area contributed by atoms with Crippen molar-refractivity contribution in [2.45, 2.75) is 12.8 Å². The zero-order valence-corrected chi connectivity index (χ0v) is 46.1. The van der Waals surface area contributed by atoms with Crippen molar-refractivity contribution in [1.29, 1.82) is 0 Å². The topological polar surface area (TPSA) is 311 Å². The van der Waals surface area contributed by atoms with Crippen molar-refractivity contribution in [3.05, 3.63) is 126 Å². The Morgan fingerprint density at radius 3 is 0.770 bits per heavy atom. The Kier molecular flexibility index (Phi) is 35.5. The summed E-state index contributed by atoms with van der Waals surface area (Å²) in [6.45, 7) is 2.15. The molecule has 0 saturated carbocycles. The van der Waals surface area contributed by atoms with E-state index in [1.807, 2.05) is 0 Å². The Labute approximate surface area is 412 Å². The minimum Gasteiger partial charge on any atom is -0.870 e. The summed E-state index contributed by atoms with van der Waals surface area (Å²) in [5, 5.41) is 77.2. The van der Waals surface area contributed by atoms with Crippen LogP contribution in [0.25, 0.3) is 0 Å². The molecule has 0 radical (unpaired) electrons. The summed E-state index contributed by atoms with van der Waals surface area (Å²) in [4.78, 5) is 33.4. The number of methoxy groups -OCH3 is 4. The number of rotatable bonds is 16. The Bertz CT molecular complexity index is 1730. The van der Waals surface area contributed by atoms with Crippen LogP contribution in [0.2, 0.25) is 0 Å². The molecule has 0 unspecified atom stereocenters. The quantitative estimate of drug-likeness (QED) is 0.0512. The predicted octanol–water partition coefficient (Wildman–Crippen LogP) is 3.07. The van der Waals surface area contributed by atoms with Gasteiger partial charge in [0.1, 0.15) is 23.0 Å². The van der Waals surface area contributed by atoms with Crippen molar-refractivity contribution in [2.24, 2.45) is 20.0 Å². The molecule has 0 spiro atoms. The SMILES string of the molecule is COc1cccc(C=NCCCN=Cc2cccc(OC)c2[O-])c1[O-].COc1cccc(C=NCCCN=Cc2cccc(OC)c2[O-])c1[O-].O=[N+]([O-])[O-].O=[N+]([O-])[O-].[Cd+2].[Cd+2].[Cd+2]. The van der Waals surface area contributed by atoms with E-state index in [9.17, 15) is 20.4 Å². The van der Waals surface area contributed by atoms with Crippen molar-refractivity contribution in [3.8, 4) is 46.0 Å². The monoisotopic (exact) mass is 1150 g/mol. The first kappa shape index (κ1) is 60.4. The molecule has 4 rings (SSSR count). The third-order valence-corrected chi connectivity index (χ3v) is 6.99. The number of para-hydroxylation sites is 4. The van der Waals surface area contributed by atoms with Gasteiger partial charge in [-0.15, -0.1) is 0 Å². The maximum absolute atomic E-state index is 11.9. The van der Waals surface area contributed by atoms with E-state index < -0.39 is 10.2 Å². The molecule has 0 aliphatic heterocycles. The number of ether oxygens (including phenoxy) is 4. The fraction of sp³-hybridized carbons (Fsp3) is 0.263. The Morgan fingerprint density at radius 1 is 0.426 bits per heavy atom. The Balaban J connectivity index is -0.000000899. The first-order valence-corrected chi connectivity index (χ1v) is 16.8.